The summed E-state index contributed by atoms with van der Waals surface area (Å²) in [6.07, 6.45) is 1.62. The normalized spacial score (nSPS) is 10.3. The molecule has 1 heterocycles. The summed E-state index contributed by atoms with van der Waals surface area (Å²) in [5.41, 5.74) is 1.89. The number of rotatable bonds is 3. The number of hydrogen-bond acceptors (Lipinski definition) is 4. The summed E-state index contributed by atoms with van der Waals surface area (Å²) in [6.45, 7) is 3.23. The molecule has 1 aromatic carbocycles. The van der Waals surface area contributed by atoms with Crippen molar-refractivity contribution in [1.29, 1.82) is 0 Å². The van der Waals surface area contributed by atoms with E-state index < -0.39 is 4.92 Å². The summed E-state index contributed by atoms with van der Waals surface area (Å²) in [6, 6.07) is 5.99. The number of carbonyl (C=O) groups is 1. The molecule has 0 saturated carbocycles. The average molecular weight is 245 g/mol. The lowest BCUT2D eigenvalue weighted by molar-refractivity contribution is -0.384. The molecular formula is C12H11N3O3. The topological polar surface area (TPSA) is 78.0 Å². The van der Waals surface area contributed by atoms with Gasteiger partial charge in [-0.2, -0.15) is 5.10 Å². The molecule has 0 N–H and O–H groups in total. The smallest absolute Gasteiger partial charge is 0.269 e. The number of aryl methyl sites for hydroxylation is 1. The van der Waals surface area contributed by atoms with Crippen molar-refractivity contribution in [1.82, 2.24) is 9.78 Å². The number of carbonyl (C=O) groups excluding carboxylic acids is 1. The highest BCUT2D eigenvalue weighted by Crippen LogP contribution is 2.16. The Hall–Kier alpha value is -2.50. The van der Waals surface area contributed by atoms with Crippen LogP contribution in [-0.4, -0.2) is 20.5 Å². The summed E-state index contributed by atoms with van der Waals surface area (Å²) in [5, 5.41) is 14.7. The zero-order chi connectivity index (χ0) is 13.3. The minimum Gasteiger partial charge on any atom is -0.294 e. The number of nitro groups is 1. The molecule has 18 heavy (non-hydrogen) atoms. The molecule has 0 aliphatic heterocycles. The number of Topliss-reactive ketones (excluding diaryl/α,β-unsaturated/α-hetero) is 1. The number of benzene rings is 1. The number of nitro benzene ring substituents is 1. The van der Waals surface area contributed by atoms with Crippen LogP contribution in [0, 0.1) is 17.0 Å². The van der Waals surface area contributed by atoms with E-state index in [0.29, 0.717) is 16.9 Å². The van der Waals surface area contributed by atoms with E-state index in [0.717, 1.165) is 0 Å². The molecule has 0 aliphatic carbocycles. The molecule has 0 spiro atoms. The van der Waals surface area contributed by atoms with E-state index in [1.54, 1.807) is 25.3 Å². The van der Waals surface area contributed by atoms with Crippen LogP contribution in [0.5, 0.6) is 0 Å². The molecule has 6 heteroatoms. The first-order valence-electron chi connectivity index (χ1n) is 5.31. The quantitative estimate of drug-likeness (QED) is 0.472. The Labute approximate surface area is 103 Å². The van der Waals surface area contributed by atoms with Gasteiger partial charge in [0, 0.05) is 18.3 Å². The minimum atomic E-state index is -0.459. The molecule has 6 nitrogen and oxygen atoms in total. The Balaban J connectivity index is 2.40. The van der Waals surface area contributed by atoms with Gasteiger partial charge < -0.3 is 0 Å². The maximum atomic E-state index is 11.3. The fourth-order valence-corrected chi connectivity index (χ4v) is 1.67. The van der Waals surface area contributed by atoms with Crippen LogP contribution in [0.3, 0.4) is 0 Å². The summed E-state index contributed by atoms with van der Waals surface area (Å²) >= 11 is 0. The van der Waals surface area contributed by atoms with E-state index in [1.165, 1.54) is 23.7 Å². The van der Waals surface area contributed by atoms with Gasteiger partial charge >= 0.3 is 0 Å². The van der Waals surface area contributed by atoms with Gasteiger partial charge in [0.15, 0.2) is 5.78 Å². The fourth-order valence-electron chi connectivity index (χ4n) is 1.67. The molecule has 0 fully saturated rings. The second-order valence-corrected chi connectivity index (χ2v) is 3.90. The molecule has 92 valence electrons. The standard InChI is InChI=1S/C12H11N3O3/c1-8-12(9(2)16)7-14(13-8)10-3-5-11(6-4-10)15(17)18/h3-7H,1-2H3. The SMILES string of the molecule is CC(=O)c1cn(-c2ccc([N+](=O)[O-])cc2)nc1C. The van der Waals surface area contributed by atoms with Crippen LogP contribution in [0.4, 0.5) is 5.69 Å². The van der Waals surface area contributed by atoms with Crippen molar-refractivity contribution < 1.29 is 9.72 Å². The van der Waals surface area contributed by atoms with Gasteiger partial charge in [0.2, 0.25) is 0 Å². The lowest BCUT2D eigenvalue weighted by atomic mass is 10.2. The first-order chi connectivity index (χ1) is 8.49. The Morgan fingerprint density at radius 1 is 1.33 bits per heavy atom. The first-order valence-corrected chi connectivity index (χ1v) is 5.31. The van der Waals surface area contributed by atoms with Crippen molar-refractivity contribution in [2.75, 3.05) is 0 Å². The van der Waals surface area contributed by atoms with Gasteiger partial charge in [-0.3, -0.25) is 14.9 Å². The maximum Gasteiger partial charge on any atom is 0.269 e. The molecule has 1 aromatic heterocycles. The molecular weight excluding hydrogens is 234 g/mol. The van der Waals surface area contributed by atoms with Crippen LogP contribution in [0.1, 0.15) is 23.0 Å². The highest BCUT2D eigenvalue weighted by molar-refractivity contribution is 5.94. The van der Waals surface area contributed by atoms with Crippen LogP contribution in [0.15, 0.2) is 30.5 Å². The summed E-state index contributed by atoms with van der Waals surface area (Å²) in [5.74, 6) is -0.0549. The molecule has 0 radical (unpaired) electrons. The van der Waals surface area contributed by atoms with Crippen molar-refractivity contribution in [3.8, 4) is 5.69 Å². The Morgan fingerprint density at radius 2 is 1.94 bits per heavy atom. The molecule has 2 aromatic rings. The monoisotopic (exact) mass is 245 g/mol. The highest BCUT2D eigenvalue weighted by Gasteiger charge is 2.11. The second-order valence-electron chi connectivity index (χ2n) is 3.90. The summed E-state index contributed by atoms with van der Waals surface area (Å²) in [7, 11) is 0. The molecule has 0 bridgehead atoms. The zero-order valence-electron chi connectivity index (χ0n) is 9.95. The van der Waals surface area contributed by atoms with Crippen molar-refractivity contribution in [3.05, 3.63) is 51.8 Å². The largest absolute Gasteiger partial charge is 0.294 e. The van der Waals surface area contributed by atoms with Crippen LogP contribution in [0.2, 0.25) is 0 Å². The van der Waals surface area contributed by atoms with Crippen LogP contribution in [0.25, 0.3) is 5.69 Å². The predicted molar refractivity (Wildman–Crippen MR) is 65.0 cm³/mol. The zero-order valence-corrected chi connectivity index (χ0v) is 9.95. The molecule has 0 aliphatic rings. The number of ketones is 1. The average Bonchev–Trinajstić information content (AvgIpc) is 2.71. The molecule has 0 atom stereocenters. The summed E-state index contributed by atoms with van der Waals surface area (Å²) in [4.78, 5) is 21.4. The lowest BCUT2D eigenvalue weighted by Gasteiger charge is -1.99. The van der Waals surface area contributed by atoms with Crippen molar-refractivity contribution in [2.45, 2.75) is 13.8 Å². The van der Waals surface area contributed by atoms with Gasteiger partial charge in [-0.05, 0) is 26.0 Å². The van der Waals surface area contributed by atoms with E-state index in [2.05, 4.69) is 5.10 Å². The molecule has 0 amide bonds. The van der Waals surface area contributed by atoms with Crippen LogP contribution in [-0.2, 0) is 0 Å². The number of aromatic nitrogens is 2. The van der Waals surface area contributed by atoms with Crippen molar-refractivity contribution in [2.24, 2.45) is 0 Å². The first kappa shape index (κ1) is 12.0. The van der Waals surface area contributed by atoms with Crippen LogP contribution < -0.4 is 0 Å². The molecule has 2 rings (SSSR count). The Morgan fingerprint density at radius 3 is 2.39 bits per heavy atom. The van der Waals surface area contributed by atoms with Gasteiger partial charge in [0.1, 0.15) is 0 Å². The van der Waals surface area contributed by atoms with E-state index in [-0.39, 0.29) is 11.5 Å². The number of hydrogen-bond donors (Lipinski definition) is 0. The van der Waals surface area contributed by atoms with E-state index in [9.17, 15) is 14.9 Å². The van der Waals surface area contributed by atoms with Crippen molar-refractivity contribution >= 4 is 11.5 Å². The Bertz CT molecular complexity index is 614. The third-order valence-electron chi connectivity index (χ3n) is 2.60. The van der Waals surface area contributed by atoms with Gasteiger partial charge in [-0.15, -0.1) is 0 Å². The van der Waals surface area contributed by atoms with Gasteiger partial charge in [-0.25, -0.2) is 4.68 Å². The minimum absolute atomic E-state index is 0.0226. The lowest BCUT2D eigenvalue weighted by Crippen LogP contribution is -1.95. The van der Waals surface area contributed by atoms with Gasteiger partial charge in [0.05, 0.1) is 21.9 Å². The number of non-ortho nitro benzene ring substituents is 1. The fraction of sp³-hybridized carbons (Fsp3) is 0.167. The Kier molecular flexibility index (Phi) is 2.93. The maximum absolute atomic E-state index is 11.3. The molecule has 0 unspecified atom stereocenters. The van der Waals surface area contributed by atoms with Crippen LogP contribution >= 0.6 is 0 Å². The molecule has 0 saturated heterocycles. The highest BCUT2D eigenvalue weighted by atomic mass is 16.6. The third-order valence-corrected chi connectivity index (χ3v) is 2.60. The second kappa shape index (κ2) is 4.40. The van der Waals surface area contributed by atoms with Crippen molar-refractivity contribution in [3.63, 3.8) is 0 Å². The van der Waals surface area contributed by atoms with E-state index >= 15 is 0 Å². The van der Waals surface area contributed by atoms with Gasteiger partial charge in [0.25, 0.3) is 5.69 Å². The predicted octanol–water partition coefficient (Wildman–Crippen LogP) is 2.29. The van der Waals surface area contributed by atoms with E-state index in [4.69, 9.17) is 0 Å². The third kappa shape index (κ3) is 2.13. The summed E-state index contributed by atoms with van der Waals surface area (Å²) < 4.78 is 1.54. The van der Waals surface area contributed by atoms with Gasteiger partial charge in [-0.1, -0.05) is 0 Å². The van der Waals surface area contributed by atoms with E-state index in [1.807, 2.05) is 0 Å². The number of nitrogens with zero attached hydrogens (tertiary/aromatic N) is 3.